The number of nitrogens with zero attached hydrogens (tertiary/aromatic N) is 1. The molecule has 4 saturated carbocycles. The Morgan fingerprint density at radius 2 is 1.81 bits per heavy atom. The zero-order valence-corrected chi connectivity index (χ0v) is 27.5. The van der Waals surface area contributed by atoms with Crippen LogP contribution in [0, 0.1) is 22.2 Å². The highest BCUT2D eigenvalue weighted by Gasteiger charge is 2.78. The Bertz CT molecular complexity index is 1240. The van der Waals surface area contributed by atoms with Gasteiger partial charge in [0.25, 0.3) is 0 Å². The summed E-state index contributed by atoms with van der Waals surface area (Å²) in [7, 11) is 3.45. The monoisotopic (exact) mass is 609 g/mol. The van der Waals surface area contributed by atoms with Crippen molar-refractivity contribution in [2.24, 2.45) is 22.2 Å². The van der Waals surface area contributed by atoms with E-state index in [4.69, 9.17) is 0 Å². The molecule has 8 heteroatoms. The molecule has 1 aromatic rings. The van der Waals surface area contributed by atoms with Crippen LogP contribution in [-0.4, -0.2) is 60.7 Å². The highest BCUT2D eigenvalue weighted by atomic mass is 32.2. The second-order valence-electron chi connectivity index (χ2n) is 15.0. The van der Waals surface area contributed by atoms with Crippen molar-refractivity contribution in [2.75, 3.05) is 19.8 Å². The van der Waals surface area contributed by atoms with E-state index in [0.717, 1.165) is 60.4 Å². The van der Waals surface area contributed by atoms with Crippen LogP contribution in [-0.2, 0) is 20.9 Å². The van der Waals surface area contributed by atoms with Gasteiger partial charge in [-0.1, -0.05) is 38.8 Å². The average Bonchev–Trinajstić information content (AvgIpc) is 3.23. The van der Waals surface area contributed by atoms with Gasteiger partial charge in [0.05, 0.1) is 6.04 Å². The molecular weight excluding hydrogens is 558 g/mol. The number of fused-ring (bicyclic) bond motifs is 2. The summed E-state index contributed by atoms with van der Waals surface area (Å²) < 4.78 is 0. The lowest BCUT2D eigenvalue weighted by Gasteiger charge is -2.57. The van der Waals surface area contributed by atoms with E-state index in [1.807, 2.05) is 30.1 Å². The van der Waals surface area contributed by atoms with Crippen LogP contribution in [0.3, 0.4) is 0 Å². The van der Waals surface area contributed by atoms with Crippen molar-refractivity contribution in [3.63, 3.8) is 0 Å². The number of carbonyl (C=O) groups is 4. The van der Waals surface area contributed by atoms with Crippen molar-refractivity contribution in [3.8, 4) is 0 Å². The Morgan fingerprint density at radius 1 is 1.02 bits per heavy atom. The number of likely N-dealkylation sites (N-methyl/N-ethyl adjacent to an activating group) is 1. The highest BCUT2D eigenvalue weighted by Crippen LogP contribution is 2.84. The first-order valence-electron chi connectivity index (χ1n) is 16.4. The topological polar surface area (TPSA) is 95.6 Å². The fourth-order valence-electron chi connectivity index (χ4n) is 10.1. The van der Waals surface area contributed by atoms with Gasteiger partial charge in [0.1, 0.15) is 12.6 Å². The minimum atomic E-state index is -0.397. The maximum atomic E-state index is 13.1. The summed E-state index contributed by atoms with van der Waals surface area (Å²) in [5.41, 5.74) is 2.98. The van der Waals surface area contributed by atoms with Crippen molar-refractivity contribution in [1.29, 1.82) is 0 Å². The number of hydrogen-bond donors (Lipinski definition) is 2. The molecule has 4 aliphatic rings. The van der Waals surface area contributed by atoms with Crippen LogP contribution in [0.15, 0.2) is 23.1 Å². The van der Waals surface area contributed by atoms with Gasteiger partial charge < -0.3 is 15.4 Å². The third-order valence-electron chi connectivity index (χ3n) is 11.6. The summed E-state index contributed by atoms with van der Waals surface area (Å²) >= 11 is 1.75. The predicted octanol–water partition coefficient (Wildman–Crippen LogP) is 5.93. The van der Waals surface area contributed by atoms with Crippen molar-refractivity contribution >= 4 is 36.1 Å². The fourth-order valence-corrected chi connectivity index (χ4v) is 11.2. The van der Waals surface area contributed by atoms with Crippen molar-refractivity contribution in [1.82, 2.24) is 15.5 Å². The first kappa shape index (κ1) is 32.2. The quantitative estimate of drug-likeness (QED) is 0.129. The number of aldehydes is 2. The predicted molar refractivity (Wildman–Crippen MR) is 171 cm³/mol. The summed E-state index contributed by atoms with van der Waals surface area (Å²) in [6.07, 6.45) is 14.9. The molecule has 43 heavy (non-hydrogen) atoms. The number of amides is 2. The summed E-state index contributed by atoms with van der Waals surface area (Å²) in [6, 6.07) is 5.37. The van der Waals surface area contributed by atoms with E-state index in [9.17, 15) is 19.2 Å². The Morgan fingerprint density at radius 3 is 2.56 bits per heavy atom. The third-order valence-corrected chi connectivity index (χ3v) is 12.8. The number of carbonyl (C=O) groups excluding carboxylic acids is 4. The molecule has 7 nitrogen and oxygen atoms in total. The van der Waals surface area contributed by atoms with Crippen LogP contribution >= 0.6 is 11.8 Å². The minimum Gasteiger partial charge on any atom is -0.359 e. The molecule has 1 aromatic carbocycles. The van der Waals surface area contributed by atoms with Crippen LogP contribution in [0.5, 0.6) is 0 Å². The van der Waals surface area contributed by atoms with E-state index >= 15 is 0 Å². The largest absolute Gasteiger partial charge is 0.359 e. The summed E-state index contributed by atoms with van der Waals surface area (Å²) in [6.45, 7) is 5.44. The van der Waals surface area contributed by atoms with Gasteiger partial charge in [0.15, 0.2) is 0 Å². The van der Waals surface area contributed by atoms with E-state index < -0.39 is 6.04 Å². The lowest BCUT2D eigenvalue weighted by molar-refractivity contribution is -0.124. The normalized spacial score (nSPS) is 32.3. The molecule has 236 valence electrons. The summed E-state index contributed by atoms with van der Waals surface area (Å²) in [4.78, 5) is 51.3. The first-order valence-corrected chi connectivity index (χ1v) is 17.4. The third kappa shape index (κ3) is 6.33. The number of hydrogen-bond acceptors (Lipinski definition) is 6. The SMILES string of the molecule is CNC(=O)CCC(C=O)N(C)Cc1c(C=O)cccc1SCCCCCCC(=O)NC12CC3(C)CC4CC(C)(C1)C4(C3)C2. The van der Waals surface area contributed by atoms with Crippen LogP contribution < -0.4 is 10.6 Å². The Balaban J connectivity index is 1.04. The molecule has 2 amide bonds. The molecule has 6 unspecified atom stereocenters. The molecule has 1 spiro atoms. The van der Waals surface area contributed by atoms with Gasteiger partial charge in [0, 0.05) is 42.4 Å². The zero-order valence-electron chi connectivity index (χ0n) is 26.6. The van der Waals surface area contributed by atoms with E-state index in [0.29, 0.717) is 41.2 Å². The van der Waals surface area contributed by atoms with Crippen LogP contribution in [0.25, 0.3) is 0 Å². The van der Waals surface area contributed by atoms with E-state index in [-0.39, 0.29) is 23.8 Å². The lowest BCUT2D eigenvalue weighted by Crippen LogP contribution is -2.52. The van der Waals surface area contributed by atoms with E-state index in [2.05, 4.69) is 24.5 Å². The van der Waals surface area contributed by atoms with Gasteiger partial charge >= 0.3 is 0 Å². The van der Waals surface area contributed by atoms with Gasteiger partial charge in [-0.15, -0.1) is 11.8 Å². The molecule has 0 saturated heterocycles. The molecule has 6 atom stereocenters. The number of thioether (sulfide) groups is 1. The van der Waals surface area contributed by atoms with Crippen molar-refractivity contribution in [2.45, 2.75) is 120 Å². The van der Waals surface area contributed by atoms with Crippen LogP contribution in [0.4, 0.5) is 0 Å². The number of unbranched alkanes of at least 4 members (excludes halogenated alkanes) is 3. The smallest absolute Gasteiger partial charge is 0.220 e. The van der Waals surface area contributed by atoms with Gasteiger partial charge in [-0.3, -0.25) is 19.3 Å². The van der Waals surface area contributed by atoms with E-state index in [1.165, 1.54) is 38.5 Å². The second-order valence-corrected chi connectivity index (χ2v) is 16.1. The van der Waals surface area contributed by atoms with Gasteiger partial charge in [0.2, 0.25) is 11.8 Å². The maximum absolute atomic E-state index is 13.1. The Kier molecular flexibility index (Phi) is 9.49. The van der Waals surface area contributed by atoms with Crippen molar-refractivity contribution < 1.29 is 19.2 Å². The molecular formula is C35H51N3O4S. The van der Waals surface area contributed by atoms with Gasteiger partial charge in [-0.05, 0) is 104 Å². The number of nitrogens with one attached hydrogen (secondary N) is 2. The van der Waals surface area contributed by atoms with E-state index in [1.54, 1.807) is 18.8 Å². The molecule has 0 aliphatic heterocycles. The lowest BCUT2D eigenvalue weighted by atomic mass is 9.47. The molecule has 0 radical (unpaired) electrons. The molecule has 5 rings (SSSR count). The fraction of sp³-hybridized carbons (Fsp3) is 0.714. The molecule has 4 aliphatic carbocycles. The van der Waals surface area contributed by atoms with Crippen LogP contribution in [0.1, 0.15) is 113 Å². The molecule has 4 fully saturated rings. The Hall–Kier alpha value is -2.19. The Labute approximate surface area is 262 Å². The van der Waals surface area contributed by atoms with Crippen molar-refractivity contribution in [3.05, 3.63) is 29.3 Å². The number of rotatable bonds is 17. The summed E-state index contributed by atoms with van der Waals surface area (Å²) in [5, 5.41) is 6.19. The minimum absolute atomic E-state index is 0.0401. The first-order chi connectivity index (χ1) is 20.5. The molecule has 3 bridgehead atoms. The average molecular weight is 610 g/mol. The molecule has 2 N–H and O–H groups in total. The van der Waals surface area contributed by atoms with Gasteiger partial charge in [-0.2, -0.15) is 0 Å². The van der Waals surface area contributed by atoms with Gasteiger partial charge in [-0.25, -0.2) is 0 Å². The van der Waals surface area contributed by atoms with Crippen LogP contribution in [0.2, 0.25) is 0 Å². The standard InChI is InChI=1S/C35H51N3O4S/c1-32-16-26-17-33(2)23-34(21-32,24-35(26,33)22-32)37-31(42)12-7-5-6-8-15-43-29-11-9-10-25(19-39)28(29)18-38(4)27(20-40)13-14-30(41)36-3/h9-11,19-20,26-27H,5-8,12-18,21-24H2,1-4H3,(H,36,41)(H,37,42). The molecule has 0 aromatic heterocycles. The summed E-state index contributed by atoms with van der Waals surface area (Å²) in [5.74, 6) is 1.99. The molecule has 0 heterocycles. The second kappa shape index (κ2) is 12.7. The highest BCUT2D eigenvalue weighted by molar-refractivity contribution is 7.99. The number of benzene rings is 1. The maximum Gasteiger partial charge on any atom is 0.220 e. The zero-order chi connectivity index (χ0) is 30.9.